The molecule has 2 aromatic carbocycles. The van der Waals surface area contributed by atoms with E-state index in [1.165, 1.54) is 24.3 Å². The van der Waals surface area contributed by atoms with E-state index in [9.17, 15) is 13.6 Å². The second-order valence-electron chi connectivity index (χ2n) is 4.17. The summed E-state index contributed by atoms with van der Waals surface area (Å²) in [6, 6.07) is 14.7. The normalized spacial score (nSPS) is 10.3. The average Bonchev–Trinajstić information content (AvgIpc) is 2.52. The van der Waals surface area contributed by atoms with Crippen LogP contribution in [0.15, 0.2) is 54.6 Å². The van der Waals surface area contributed by atoms with Crippen LogP contribution in [0.25, 0.3) is 0 Å². The number of halogens is 2. The first kappa shape index (κ1) is 15.8. The molecule has 2 aromatic rings. The standard InChI is InChI=1S/C16H14F2O4/c17-16(18)22-14-9-5-4-8-13(14)15(19)21-11-10-20-12-6-2-1-3-7-12/h1-9,16H,10-11H2. The van der Waals surface area contributed by atoms with Crippen LogP contribution in [0.3, 0.4) is 0 Å². The number of hydrogen-bond acceptors (Lipinski definition) is 4. The fourth-order valence-corrected chi connectivity index (χ4v) is 1.72. The number of carbonyl (C=O) groups is 1. The summed E-state index contributed by atoms with van der Waals surface area (Å²) in [5.41, 5.74) is -0.0532. The maximum Gasteiger partial charge on any atom is 0.387 e. The summed E-state index contributed by atoms with van der Waals surface area (Å²) in [4.78, 5) is 11.9. The molecule has 116 valence electrons. The van der Waals surface area contributed by atoms with E-state index in [-0.39, 0.29) is 24.5 Å². The molecular weight excluding hydrogens is 294 g/mol. The summed E-state index contributed by atoms with van der Waals surface area (Å²) >= 11 is 0. The van der Waals surface area contributed by atoms with Crippen LogP contribution in [0.1, 0.15) is 10.4 Å². The van der Waals surface area contributed by atoms with E-state index in [0.29, 0.717) is 5.75 Å². The Morgan fingerprint density at radius 1 is 0.955 bits per heavy atom. The second-order valence-corrected chi connectivity index (χ2v) is 4.17. The molecule has 22 heavy (non-hydrogen) atoms. The summed E-state index contributed by atoms with van der Waals surface area (Å²) in [6.45, 7) is -2.85. The van der Waals surface area contributed by atoms with Crippen molar-refractivity contribution in [2.24, 2.45) is 0 Å². The van der Waals surface area contributed by atoms with Crippen molar-refractivity contribution in [3.63, 3.8) is 0 Å². The second kappa shape index (κ2) is 7.97. The lowest BCUT2D eigenvalue weighted by Crippen LogP contribution is -2.14. The zero-order chi connectivity index (χ0) is 15.8. The van der Waals surface area contributed by atoms with Crippen LogP contribution < -0.4 is 9.47 Å². The zero-order valence-electron chi connectivity index (χ0n) is 11.6. The summed E-state index contributed by atoms with van der Waals surface area (Å²) < 4.78 is 39.1. The molecule has 2 rings (SSSR count). The summed E-state index contributed by atoms with van der Waals surface area (Å²) in [5.74, 6) is -0.306. The first-order valence-corrected chi connectivity index (χ1v) is 6.55. The van der Waals surface area contributed by atoms with Crippen molar-refractivity contribution in [1.29, 1.82) is 0 Å². The number of esters is 1. The minimum Gasteiger partial charge on any atom is -0.490 e. The monoisotopic (exact) mass is 308 g/mol. The highest BCUT2D eigenvalue weighted by molar-refractivity contribution is 5.92. The van der Waals surface area contributed by atoms with Gasteiger partial charge in [0.2, 0.25) is 0 Å². The summed E-state index contributed by atoms with van der Waals surface area (Å²) in [6.07, 6.45) is 0. The third-order valence-electron chi connectivity index (χ3n) is 2.65. The lowest BCUT2D eigenvalue weighted by atomic mass is 10.2. The van der Waals surface area contributed by atoms with Crippen molar-refractivity contribution in [2.75, 3.05) is 13.2 Å². The molecule has 0 unspecified atom stereocenters. The molecule has 0 aliphatic rings. The molecule has 0 aliphatic carbocycles. The Morgan fingerprint density at radius 2 is 1.64 bits per heavy atom. The van der Waals surface area contributed by atoms with Crippen LogP contribution in [0.4, 0.5) is 8.78 Å². The first-order valence-electron chi connectivity index (χ1n) is 6.55. The Balaban J connectivity index is 1.85. The van der Waals surface area contributed by atoms with Crippen LogP contribution in [-0.2, 0) is 4.74 Å². The van der Waals surface area contributed by atoms with Crippen molar-refractivity contribution in [1.82, 2.24) is 0 Å². The number of ether oxygens (including phenoxy) is 3. The Labute approximate surface area is 126 Å². The van der Waals surface area contributed by atoms with E-state index in [2.05, 4.69) is 4.74 Å². The van der Waals surface area contributed by atoms with Crippen LogP contribution in [-0.4, -0.2) is 25.8 Å². The molecule has 0 aromatic heterocycles. The Hall–Kier alpha value is -2.63. The number of benzene rings is 2. The lowest BCUT2D eigenvalue weighted by Gasteiger charge is -2.10. The number of rotatable bonds is 7. The van der Waals surface area contributed by atoms with Crippen LogP contribution in [0.2, 0.25) is 0 Å². The van der Waals surface area contributed by atoms with E-state index < -0.39 is 12.6 Å². The fraction of sp³-hybridized carbons (Fsp3) is 0.188. The van der Waals surface area contributed by atoms with Crippen molar-refractivity contribution in [2.45, 2.75) is 6.61 Å². The molecule has 0 amide bonds. The number of alkyl halides is 2. The topological polar surface area (TPSA) is 44.8 Å². The largest absolute Gasteiger partial charge is 0.490 e. The van der Waals surface area contributed by atoms with E-state index in [0.717, 1.165) is 0 Å². The van der Waals surface area contributed by atoms with Gasteiger partial charge in [-0.3, -0.25) is 0 Å². The van der Waals surface area contributed by atoms with Gasteiger partial charge in [-0.25, -0.2) is 4.79 Å². The molecule has 0 fully saturated rings. The molecule has 4 nitrogen and oxygen atoms in total. The average molecular weight is 308 g/mol. The number of carbonyl (C=O) groups excluding carboxylic acids is 1. The molecule has 0 N–H and O–H groups in total. The van der Waals surface area contributed by atoms with E-state index >= 15 is 0 Å². The summed E-state index contributed by atoms with van der Waals surface area (Å²) in [7, 11) is 0. The number of para-hydroxylation sites is 2. The van der Waals surface area contributed by atoms with Crippen molar-refractivity contribution >= 4 is 5.97 Å². The first-order chi connectivity index (χ1) is 10.7. The zero-order valence-corrected chi connectivity index (χ0v) is 11.6. The Kier molecular flexibility index (Phi) is 5.71. The quantitative estimate of drug-likeness (QED) is 0.580. The highest BCUT2D eigenvalue weighted by Crippen LogP contribution is 2.21. The molecule has 0 saturated heterocycles. The van der Waals surface area contributed by atoms with E-state index in [1.807, 2.05) is 18.2 Å². The van der Waals surface area contributed by atoms with Crippen molar-refractivity contribution in [3.8, 4) is 11.5 Å². The molecule has 0 radical (unpaired) electrons. The molecule has 0 atom stereocenters. The summed E-state index contributed by atoms with van der Waals surface area (Å²) in [5, 5.41) is 0. The lowest BCUT2D eigenvalue weighted by molar-refractivity contribution is -0.0504. The third-order valence-corrected chi connectivity index (χ3v) is 2.65. The molecule has 0 bridgehead atoms. The molecule has 6 heteroatoms. The van der Waals surface area contributed by atoms with Gasteiger partial charge in [0.05, 0.1) is 0 Å². The van der Waals surface area contributed by atoms with Gasteiger partial charge in [0, 0.05) is 0 Å². The van der Waals surface area contributed by atoms with Gasteiger partial charge >= 0.3 is 12.6 Å². The van der Waals surface area contributed by atoms with Gasteiger partial charge in [0.15, 0.2) is 0 Å². The Morgan fingerprint density at radius 3 is 2.36 bits per heavy atom. The maximum absolute atomic E-state index is 12.3. The third kappa shape index (κ3) is 4.73. The SMILES string of the molecule is O=C(OCCOc1ccccc1)c1ccccc1OC(F)F. The molecule has 0 saturated carbocycles. The van der Waals surface area contributed by atoms with Gasteiger partial charge in [0.25, 0.3) is 0 Å². The van der Waals surface area contributed by atoms with Crippen molar-refractivity contribution < 1.29 is 27.8 Å². The molecular formula is C16H14F2O4. The smallest absolute Gasteiger partial charge is 0.387 e. The highest BCUT2D eigenvalue weighted by Gasteiger charge is 2.16. The molecule has 0 heterocycles. The van der Waals surface area contributed by atoms with Gasteiger partial charge in [0.1, 0.15) is 30.3 Å². The minimum absolute atomic E-state index is 0.00323. The van der Waals surface area contributed by atoms with Gasteiger partial charge < -0.3 is 14.2 Å². The molecule has 0 spiro atoms. The molecule has 0 aliphatic heterocycles. The van der Waals surface area contributed by atoms with Gasteiger partial charge in [-0.05, 0) is 24.3 Å². The number of hydrogen-bond donors (Lipinski definition) is 0. The van der Waals surface area contributed by atoms with Crippen molar-refractivity contribution in [3.05, 3.63) is 60.2 Å². The minimum atomic E-state index is -3.00. The highest BCUT2D eigenvalue weighted by atomic mass is 19.3. The van der Waals surface area contributed by atoms with E-state index in [1.54, 1.807) is 12.1 Å². The predicted molar refractivity (Wildman–Crippen MR) is 75.3 cm³/mol. The van der Waals surface area contributed by atoms with E-state index in [4.69, 9.17) is 9.47 Å². The van der Waals surface area contributed by atoms with Crippen LogP contribution in [0, 0.1) is 0 Å². The van der Waals surface area contributed by atoms with Crippen LogP contribution in [0.5, 0.6) is 11.5 Å². The predicted octanol–water partition coefficient (Wildman–Crippen LogP) is 3.52. The van der Waals surface area contributed by atoms with Gasteiger partial charge in [-0.1, -0.05) is 30.3 Å². The Bertz CT molecular complexity index is 602. The van der Waals surface area contributed by atoms with Crippen LogP contribution >= 0.6 is 0 Å². The maximum atomic E-state index is 12.3. The van der Waals surface area contributed by atoms with Gasteiger partial charge in [-0.2, -0.15) is 8.78 Å². The fourth-order valence-electron chi connectivity index (χ4n) is 1.72. The van der Waals surface area contributed by atoms with Gasteiger partial charge in [-0.15, -0.1) is 0 Å².